The summed E-state index contributed by atoms with van der Waals surface area (Å²) in [6, 6.07) is 0. The molecule has 3 nitrogen and oxygen atoms in total. The van der Waals surface area contributed by atoms with Gasteiger partial charge in [0.15, 0.2) is 0 Å². The van der Waals surface area contributed by atoms with Gasteiger partial charge in [0, 0.05) is 13.1 Å². The van der Waals surface area contributed by atoms with E-state index in [2.05, 4.69) is 5.92 Å². The van der Waals surface area contributed by atoms with E-state index in [0.717, 1.165) is 38.9 Å². The number of rotatable bonds is 3. The highest BCUT2D eigenvalue weighted by molar-refractivity contribution is 5.78. The second kappa shape index (κ2) is 5.66. The van der Waals surface area contributed by atoms with Crippen molar-refractivity contribution in [2.45, 2.75) is 25.7 Å². The minimum atomic E-state index is 0.0960. The summed E-state index contributed by atoms with van der Waals surface area (Å²) in [6.45, 7) is 2.46. The molecule has 0 aromatic heterocycles. The van der Waals surface area contributed by atoms with Crippen LogP contribution in [0.4, 0.5) is 0 Å². The van der Waals surface area contributed by atoms with Crippen LogP contribution in [0.2, 0.25) is 0 Å². The molecule has 1 aliphatic rings. The van der Waals surface area contributed by atoms with Gasteiger partial charge in [-0.15, -0.1) is 6.42 Å². The number of hydrogen-bond donors (Lipinski definition) is 1. The van der Waals surface area contributed by atoms with E-state index in [0.29, 0.717) is 5.92 Å². The molecule has 1 amide bonds. The highest BCUT2D eigenvalue weighted by Gasteiger charge is 2.21. The zero-order valence-electron chi connectivity index (χ0n) is 8.54. The van der Waals surface area contributed by atoms with Crippen molar-refractivity contribution < 1.29 is 4.79 Å². The lowest BCUT2D eigenvalue weighted by Gasteiger charge is -2.31. The van der Waals surface area contributed by atoms with Gasteiger partial charge in [0.05, 0.1) is 6.42 Å². The average Bonchev–Trinajstić information content (AvgIpc) is 2.20. The standard InChI is InChI=1S/C11H18N2O/c1-2-3-11(14)13-8-5-10(4-7-12)6-9-13/h1,10H,3-9,12H2. The van der Waals surface area contributed by atoms with Crippen LogP contribution in [0.15, 0.2) is 0 Å². The van der Waals surface area contributed by atoms with Gasteiger partial charge in [-0.05, 0) is 31.7 Å². The van der Waals surface area contributed by atoms with Crippen molar-refractivity contribution in [3.63, 3.8) is 0 Å². The van der Waals surface area contributed by atoms with E-state index in [9.17, 15) is 4.79 Å². The smallest absolute Gasteiger partial charge is 0.234 e. The number of carbonyl (C=O) groups excluding carboxylic acids is 1. The number of piperidine rings is 1. The first-order valence-electron chi connectivity index (χ1n) is 5.19. The third-order valence-electron chi connectivity index (χ3n) is 2.80. The minimum absolute atomic E-state index is 0.0960. The molecule has 2 N–H and O–H groups in total. The van der Waals surface area contributed by atoms with E-state index in [4.69, 9.17) is 12.2 Å². The zero-order chi connectivity index (χ0) is 10.4. The lowest BCUT2D eigenvalue weighted by atomic mass is 9.93. The summed E-state index contributed by atoms with van der Waals surface area (Å²) >= 11 is 0. The van der Waals surface area contributed by atoms with Crippen LogP contribution in [-0.2, 0) is 4.79 Å². The summed E-state index contributed by atoms with van der Waals surface area (Å²) in [7, 11) is 0. The molecule has 0 bridgehead atoms. The van der Waals surface area contributed by atoms with Crippen LogP contribution in [0.5, 0.6) is 0 Å². The molecule has 1 heterocycles. The van der Waals surface area contributed by atoms with Crippen LogP contribution in [0.1, 0.15) is 25.7 Å². The lowest BCUT2D eigenvalue weighted by molar-refractivity contribution is -0.131. The molecule has 1 saturated heterocycles. The summed E-state index contributed by atoms with van der Waals surface area (Å²) < 4.78 is 0. The molecular weight excluding hydrogens is 176 g/mol. The van der Waals surface area contributed by atoms with E-state index >= 15 is 0 Å². The Morgan fingerprint density at radius 1 is 1.50 bits per heavy atom. The Hall–Kier alpha value is -1.01. The van der Waals surface area contributed by atoms with E-state index in [1.54, 1.807) is 0 Å². The fourth-order valence-corrected chi connectivity index (χ4v) is 1.91. The van der Waals surface area contributed by atoms with E-state index in [1.807, 2.05) is 4.90 Å². The van der Waals surface area contributed by atoms with Gasteiger partial charge < -0.3 is 10.6 Å². The van der Waals surface area contributed by atoms with Crippen molar-refractivity contribution in [2.75, 3.05) is 19.6 Å². The van der Waals surface area contributed by atoms with E-state index in [1.165, 1.54) is 0 Å². The summed E-state index contributed by atoms with van der Waals surface area (Å²) in [5.41, 5.74) is 5.49. The van der Waals surface area contributed by atoms with Crippen molar-refractivity contribution in [1.29, 1.82) is 0 Å². The van der Waals surface area contributed by atoms with Crippen molar-refractivity contribution >= 4 is 5.91 Å². The maximum absolute atomic E-state index is 11.4. The Kier molecular flexibility index (Phi) is 4.48. The quantitative estimate of drug-likeness (QED) is 0.669. The number of terminal acetylenes is 1. The molecule has 1 aliphatic heterocycles. The number of carbonyl (C=O) groups is 1. The molecule has 3 heteroatoms. The minimum Gasteiger partial charge on any atom is -0.342 e. The van der Waals surface area contributed by atoms with Gasteiger partial charge in [-0.3, -0.25) is 4.79 Å². The molecule has 78 valence electrons. The predicted molar refractivity (Wildman–Crippen MR) is 56.4 cm³/mol. The van der Waals surface area contributed by atoms with Crippen LogP contribution in [-0.4, -0.2) is 30.4 Å². The number of likely N-dealkylation sites (tertiary alicyclic amines) is 1. The molecule has 1 fully saturated rings. The van der Waals surface area contributed by atoms with Crippen LogP contribution < -0.4 is 5.73 Å². The zero-order valence-corrected chi connectivity index (χ0v) is 8.54. The molecule has 0 aromatic rings. The van der Waals surface area contributed by atoms with Gasteiger partial charge in [0.2, 0.25) is 5.91 Å². The Bertz CT molecular complexity index is 224. The van der Waals surface area contributed by atoms with Gasteiger partial charge in [-0.1, -0.05) is 5.92 Å². The summed E-state index contributed by atoms with van der Waals surface area (Å²) in [5.74, 6) is 3.19. The highest BCUT2D eigenvalue weighted by Crippen LogP contribution is 2.19. The molecule has 0 atom stereocenters. The van der Waals surface area contributed by atoms with Crippen LogP contribution in [0.25, 0.3) is 0 Å². The Labute approximate surface area is 85.6 Å². The first-order chi connectivity index (χ1) is 6.77. The predicted octanol–water partition coefficient (Wildman–Crippen LogP) is 0.597. The molecule has 0 unspecified atom stereocenters. The first-order valence-corrected chi connectivity index (χ1v) is 5.19. The SMILES string of the molecule is C#CCC(=O)N1CCC(CCN)CC1. The first kappa shape index (κ1) is 11.1. The second-order valence-corrected chi connectivity index (χ2v) is 3.78. The molecule has 0 radical (unpaired) electrons. The molecule has 1 rings (SSSR count). The number of nitrogens with zero attached hydrogens (tertiary/aromatic N) is 1. The third kappa shape index (κ3) is 3.04. The molecule has 14 heavy (non-hydrogen) atoms. The van der Waals surface area contributed by atoms with Crippen LogP contribution in [0.3, 0.4) is 0 Å². The molecule has 0 saturated carbocycles. The largest absolute Gasteiger partial charge is 0.342 e. The third-order valence-corrected chi connectivity index (χ3v) is 2.80. The average molecular weight is 194 g/mol. The van der Waals surface area contributed by atoms with Crippen LogP contribution >= 0.6 is 0 Å². The normalized spacial score (nSPS) is 17.9. The topological polar surface area (TPSA) is 46.3 Å². The van der Waals surface area contributed by atoms with Gasteiger partial charge in [-0.25, -0.2) is 0 Å². The van der Waals surface area contributed by atoms with Gasteiger partial charge in [0.25, 0.3) is 0 Å². The highest BCUT2D eigenvalue weighted by atomic mass is 16.2. The lowest BCUT2D eigenvalue weighted by Crippen LogP contribution is -2.38. The van der Waals surface area contributed by atoms with Gasteiger partial charge in [0.1, 0.15) is 0 Å². The van der Waals surface area contributed by atoms with Crippen LogP contribution in [0, 0.1) is 18.3 Å². The Morgan fingerprint density at radius 2 is 2.14 bits per heavy atom. The monoisotopic (exact) mass is 194 g/mol. The second-order valence-electron chi connectivity index (χ2n) is 3.78. The van der Waals surface area contributed by atoms with Gasteiger partial charge in [-0.2, -0.15) is 0 Å². The molecule has 0 spiro atoms. The fourth-order valence-electron chi connectivity index (χ4n) is 1.91. The summed E-state index contributed by atoms with van der Waals surface area (Å²) in [4.78, 5) is 13.3. The van der Waals surface area contributed by atoms with Crippen molar-refractivity contribution in [2.24, 2.45) is 11.7 Å². The van der Waals surface area contributed by atoms with E-state index in [-0.39, 0.29) is 12.3 Å². The maximum atomic E-state index is 11.4. The van der Waals surface area contributed by atoms with Crippen molar-refractivity contribution in [3.8, 4) is 12.3 Å². The molecule has 0 aliphatic carbocycles. The molecule has 0 aromatic carbocycles. The van der Waals surface area contributed by atoms with Crippen molar-refractivity contribution in [3.05, 3.63) is 0 Å². The molecular formula is C11H18N2O. The Morgan fingerprint density at radius 3 is 2.64 bits per heavy atom. The maximum Gasteiger partial charge on any atom is 0.234 e. The fraction of sp³-hybridized carbons (Fsp3) is 0.727. The number of nitrogens with two attached hydrogens (primary N) is 1. The van der Waals surface area contributed by atoms with E-state index < -0.39 is 0 Å². The van der Waals surface area contributed by atoms with Crippen molar-refractivity contribution in [1.82, 2.24) is 4.90 Å². The van der Waals surface area contributed by atoms with Gasteiger partial charge >= 0.3 is 0 Å². The summed E-state index contributed by atoms with van der Waals surface area (Å²) in [5, 5.41) is 0. The number of hydrogen-bond acceptors (Lipinski definition) is 2. The Balaban J connectivity index is 2.29. The summed E-state index contributed by atoms with van der Waals surface area (Å²) in [6.07, 6.45) is 8.57. The number of amides is 1.